The standard InChI is InChI=1S/C13H15ClFN/c14-13-5-4-11(15)8-10(13)6-9-2-1-3-12(16)7-9/h4-5,7-8,12H,1-3,6,16H2. The molecule has 1 atom stereocenters. The Bertz CT molecular complexity index is 414. The number of hydrogen-bond acceptors (Lipinski definition) is 1. The highest BCUT2D eigenvalue weighted by molar-refractivity contribution is 6.31. The Morgan fingerprint density at radius 3 is 3.00 bits per heavy atom. The largest absolute Gasteiger partial charge is 0.324 e. The predicted octanol–water partition coefficient (Wildman–Crippen LogP) is 3.46. The molecule has 2 rings (SSSR count). The van der Waals surface area contributed by atoms with Crippen LogP contribution in [-0.4, -0.2) is 6.04 Å². The Kier molecular flexibility index (Phi) is 3.62. The van der Waals surface area contributed by atoms with Gasteiger partial charge >= 0.3 is 0 Å². The van der Waals surface area contributed by atoms with Crippen molar-refractivity contribution in [1.29, 1.82) is 0 Å². The second-order valence-electron chi connectivity index (χ2n) is 4.29. The summed E-state index contributed by atoms with van der Waals surface area (Å²) in [7, 11) is 0. The van der Waals surface area contributed by atoms with Crippen LogP contribution in [0.2, 0.25) is 5.02 Å². The highest BCUT2D eigenvalue weighted by Crippen LogP contribution is 2.25. The van der Waals surface area contributed by atoms with Gasteiger partial charge in [0.25, 0.3) is 0 Å². The molecule has 1 aliphatic carbocycles. The number of hydrogen-bond donors (Lipinski definition) is 1. The summed E-state index contributed by atoms with van der Waals surface area (Å²) < 4.78 is 13.1. The smallest absolute Gasteiger partial charge is 0.123 e. The van der Waals surface area contributed by atoms with E-state index in [1.165, 1.54) is 17.7 Å². The average molecular weight is 240 g/mol. The fraction of sp³-hybridized carbons (Fsp3) is 0.385. The van der Waals surface area contributed by atoms with Gasteiger partial charge < -0.3 is 5.73 Å². The summed E-state index contributed by atoms with van der Waals surface area (Å²) >= 11 is 6.03. The molecule has 0 bridgehead atoms. The summed E-state index contributed by atoms with van der Waals surface area (Å²) in [6.07, 6.45) is 6.00. The molecule has 1 unspecified atom stereocenters. The van der Waals surface area contributed by atoms with Crippen molar-refractivity contribution in [2.45, 2.75) is 31.7 Å². The Morgan fingerprint density at radius 1 is 1.44 bits per heavy atom. The summed E-state index contributed by atoms with van der Waals surface area (Å²) in [5.74, 6) is -0.236. The van der Waals surface area contributed by atoms with Crippen LogP contribution < -0.4 is 5.73 Å². The topological polar surface area (TPSA) is 26.0 Å². The molecule has 0 aliphatic heterocycles. The minimum atomic E-state index is -0.236. The molecule has 1 aliphatic rings. The van der Waals surface area contributed by atoms with Crippen molar-refractivity contribution in [1.82, 2.24) is 0 Å². The molecule has 0 amide bonds. The number of rotatable bonds is 2. The molecule has 0 heterocycles. The molecule has 0 radical (unpaired) electrons. The summed E-state index contributed by atoms with van der Waals surface area (Å²) in [5, 5.41) is 0.626. The van der Waals surface area contributed by atoms with Gasteiger partial charge in [0.2, 0.25) is 0 Å². The Hall–Kier alpha value is -0.860. The maximum Gasteiger partial charge on any atom is 0.123 e. The molecule has 1 aromatic carbocycles. The van der Waals surface area contributed by atoms with E-state index in [0.29, 0.717) is 11.4 Å². The van der Waals surface area contributed by atoms with Crippen molar-refractivity contribution in [2.75, 3.05) is 0 Å². The molecule has 0 spiro atoms. The van der Waals surface area contributed by atoms with Gasteiger partial charge in [0, 0.05) is 11.1 Å². The van der Waals surface area contributed by atoms with Crippen molar-refractivity contribution >= 4 is 11.6 Å². The van der Waals surface area contributed by atoms with Gasteiger partial charge in [-0.15, -0.1) is 0 Å². The number of allylic oxidation sites excluding steroid dienone is 1. The maximum absolute atomic E-state index is 13.1. The normalized spacial score (nSPS) is 20.7. The number of benzene rings is 1. The van der Waals surface area contributed by atoms with Gasteiger partial charge in [-0.2, -0.15) is 0 Å². The van der Waals surface area contributed by atoms with Crippen molar-refractivity contribution in [3.8, 4) is 0 Å². The van der Waals surface area contributed by atoms with E-state index in [4.69, 9.17) is 17.3 Å². The van der Waals surface area contributed by atoms with Gasteiger partial charge in [0.05, 0.1) is 0 Å². The number of halogens is 2. The van der Waals surface area contributed by atoms with Crippen LogP contribution >= 0.6 is 11.6 Å². The zero-order valence-electron chi connectivity index (χ0n) is 9.05. The first-order valence-corrected chi connectivity index (χ1v) is 5.92. The zero-order chi connectivity index (χ0) is 11.5. The van der Waals surface area contributed by atoms with E-state index in [-0.39, 0.29) is 11.9 Å². The lowest BCUT2D eigenvalue weighted by Crippen LogP contribution is -2.20. The van der Waals surface area contributed by atoms with Crippen molar-refractivity contribution in [3.63, 3.8) is 0 Å². The molecular weight excluding hydrogens is 225 g/mol. The van der Waals surface area contributed by atoms with E-state index in [0.717, 1.165) is 24.8 Å². The van der Waals surface area contributed by atoms with Crippen molar-refractivity contribution in [3.05, 3.63) is 46.3 Å². The molecule has 1 aromatic rings. The van der Waals surface area contributed by atoms with Gasteiger partial charge in [-0.05, 0) is 49.4 Å². The van der Waals surface area contributed by atoms with Crippen molar-refractivity contribution < 1.29 is 4.39 Å². The second-order valence-corrected chi connectivity index (χ2v) is 4.70. The third-order valence-corrected chi connectivity index (χ3v) is 3.28. The monoisotopic (exact) mass is 239 g/mol. The minimum absolute atomic E-state index is 0.149. The first kappa shape index (κ1) is 11.6. The predicted molar refractivity (Wildman–Crippen MR) is 65.0 cm³/mol. The lowest BCUT2D eigenvalue weighted by atomic mass is 9.92. The second kappa shape index (κ2) is 4.98. The first-order valence-electron chi connectivity index (χ1n) is 5.54. The van der Waals surface area contributed by atoms with E-state index in [2.05, 4.69) is 6.08 Å². The molecule has 16 heavy (non-hydrogen) atoms. The molecule has 0 saturated carbocycles. The van der Waals surface area contributed by atoms with E-state index < -0.39 is 0 Å². The maximum atomic E-state index is 13.1. The highest BCUT2D eigenvalue weighted by Gasteiger charge is 2.12. The van der Waals surface area contributed by atoms with E-state index >= 15 is 0 Å². The minimum Gasteiger partial charge on any atom is -0.324 e. The van der Waals surface area contributed by atoms with Crippen LogP contribution in [-0.2, 0) is 6.42 Å². The van der Waals surface area contributed by atoms with Crippen molar-refractivity contribution in [2.24, 2.45) is 5.73 Å². The van der Waals surface area contributed by atoms with Gasteiger partial charge in [-0.3, -0.25) is 0 Å². The SMILES string of the molecule is NC1C=C(Cc2cc(F)ccc2Cl)CCC1. The van der Waals surface area contributed by atoms with E-state index in [1.54, 1.807) is 6.07 Å². The molecule has 0 aromatic heterocycles. The van der Waals surface area contributed by atoms with Crippen LogP contribution in [0.15, 0.2) is 29.8 Å². The van der Waals surface area contributed by atoms with Crippen LogP contribution in [0, 0.1) is 5.82 Å². The Balaban J connectivity index is 2.17. The molecule has 1 nitrogen and oxygen atoms in total. The summed E-state index contributed by atoms with van der Waals surface area (Å²) in [6.45, 7) is 0. The lowest BCUT2D eigenvalue weighted by molar-refractivity contribution is 0.613. The van der Waals surface area contributed by atoms with Crippen LogP contribution in [0.1, 0.15) is 24.8 Å². The van der Waals surface area contributed by atoms with Gasteiger partial charge in [0.15, 0.2) is 0 Å². The Labute approximate surface area is 100 Å². The van der Waals surface area contributed by atoms with Crippen LogP contribution in [0.4, 0.5) is 4.39 Å². The van der Waals surface area contributed by atoms with Crippen LogP contribution in [0.25, 0.3) is 0 Å². The van der Waals surface area contributed by atoms with Gasteiger partial charge in [-0.25, -0.2) is 4.39 Å². The summed E-state index contributed by atoms with van der Waals surface area (Å²) in [5.41, 5.74) is 7.98. The highest BCUT2D eigenvalue weighted by atomic mass is 35.5. The lowest BCUT2D eigenvalue weighted by Gasteiger charge is -2.18. The van der Waals surface area contributed by atoms with Crippen LogP contribution in [0.5, 0.6) is 0 Å². The molecule has 0 fully saturated rings. The quantitative estimate of drug-likeness (QED) is 0.786. The summed E-state index contributed by atoms with van der Waals surface area (Å²) in [4.78, 5) is 0. The van der Waals surface area contributed by atoms with Gasteiger partial charge in [0.1, 0.15) is 5.82 Å². The Morgan fingerprint density at radius 2 is 2.25 bits per heavy atom. The summed E-state index contributed by atoms with van der Waals surface area (Å²) in [6, 6.07) is 4.64. The molecule has 86 valence electrons. The van der Waals surface area contributed by atoms with E-state index in [1.807, 2.05) is 0 Å². The molecule has 2 N–H and O–H groups in total. The fourth-order valence-corrected chi connectivity index (χ4v) is 2.29. The average Bonchev–Trinajstić information content (AvgIpc) is 2.24. The third kappa shape index (κ3) is 2.83. The third-order valence-electron chi connectivity index (χ3n) is 2.91. The zero-order valence-corrected chi connectivity index (χ0v) is 9.80. The fourth-order valence-electron chi connectivity index (χ4n) is 2.10. The molecular formula is C13H15ClFN. The molecule has 3 heteroatoms. The first-order chi connectivity index (χ1) is 7.65. The van der Waals surface area contributed by atoms with E-state index in [9.17, 15) is 4.39 Å². The number of nitrogens with two attached hydrogens (primary N) is 1. The van der Waals surface area contributed by atoms with Gasteiger partial charge in [-0.1, -0.05) is 23.3 Å². The van der Waals surface area contributed by atoms with Crippen LogP contribution in [0.3, 0.4) is 0 Å². The molecule has 0 saturated heterocycles.